The summed E-state index contributed by atoms with van der Waals surface area (Å²) in [5, 5.41) is 5.39. The summed E-state index contributed by atoms with van der Waals surface area (Å²) in [5.41, 5.74) is -0.0213. The molecule has 0 unspecified atom stereocenters. The molecule has 1 heterocycles. The topological polar surface area (TPSA) is 97.0 Å². The maximum absolute atomic E-state index is 12.8. The van der Waals surface area contributed by atoms with Crippen LogP contribution in [0, 0.1) is 0 Å². The van der Waals surface area contributed by atoms with E-state index in [-0.39, 0.29) is 19.7 Å². The molecule has 1 fully saturated rings. The van der Waals surface area contributed by atoms with E-state index in [0.29, 0.717) is 18.6 Å². The molecule has 0 radical (unpaired) electrons. The molecule has 2 aromatic carbocycles. The van der Waals surface area contributed by atoms with Crippen molar-refractivity contribution in [3.05, 3.63) is 60.2 Å². The number of nitrogens with one attached hydrogen (secondary N) is 2. The third-order valence-electron chi connectivity index (χ3n) is 5.16. The fourth-order valence-electron chi connectivity index (χ4n) is 3.32. The van der Waals surface area contributed by atoms with Crippen molar-refractivity contribution < 1.29 is 23.9 Å². The fraction of sp³-hybridized carbons (Fsp3) is 0.348. The van der Waals surface area contributed by atoms with Crippen molar-refractivity contribution in [3.63, 3.8) is 0 Å². The Hall–Kier alpha value is -3.55. The van der Waals surface area contributed by atoms with Crippen LogP contribution >= 0.6 is 0 Å². The van der Waals surface area contributed by atoms with Crippen LogP contribution in [0.5, 0.6) is 11.5 Å². The van der Waals surface area contributed by atoms with Crippen LogP contribution in [0.2, 0.25) is 0 Å². The average Bonchev–Trinajstić information content (AvgIpc) is 2.99. The summed E-state index contributed by atoms with van der Waals surface area (Å²) in [6.45, 7) is 1.91. The van der Waals surface area contributed by atoms with Crippen LogP contribution in [0.1, 0.15) is 18.9 Å². The third kappa shape index (κ3) is 5.75. The molecule has 0 bridgehead atoms. The first-order chi connectivity index (χ1) is 14.9. The number of amides is 4. The molecule has 2 aromatic rings. The van der Waals surface area contributed by atoms with Gasteiger partial charge >= 0.3 is 6.03 Å². The van der Waals surface area contributed by atoms with Crippen LogP contribution in [-0.2, 0) is 16.0 Å². The summed E-state index contributed by atoms with van der Waals surface area (Å²) in [4.78, 5) is 38.3. The van der Waals surface area contributed by atoms with Gasteiger partial charge in [0.15, 0.2) is 0 Å². The van der Waals surface area contributed by atoms with Gasteiger partial charge in [-0.15, -0.1) is 0 Å². The maximum Gasteiger partial charge on any atom is 0.325 e. The molecular weight excluding hydrogens is 398 g/mol. The summed E-state index contributed by atoms with van der Waals surface area (Å²) < 4.78 is 10.7. The molecule has 8 heteroatoms. The maximum atomic E-state index is 12.8. The van der Waals surface area contributed by atoms with E-state index in [2.05, 4.69) is 10.6 Å². The van der Waals surface area contributed by atoms with E-state index in [9.17, 15) is 14.4 Å². The lowest BCUT2D eigenvalue weighted by Gasteiger charge is -2.21. The van der Waals surface area contributed by atoms with Crippen LogP contribution in [0.25, 0.3) is 0 Å². The SMILES string of the molecule is COc1ccc(CC[C@@]2(C)NC(=O)N(CC(=O)NCCOc3ccccc3)C2=O)cc1. The zero-order valence-electron chi connectivity index (χ0n) is 17.7. The number of ether oxygens (including phenoxy) is 2. The molecule has 1 atom stereocenters. The first-order valence-corrected chi connectivity index (χ1v) is 10.1. The van der Waals surface area contributed by atoms with Gasteiger partial charge in [-0.3, -0.25) is 14.5 Å². The van der Waals surface area contributed by atoms with Gasteiger partial charge in [0.1, 0.15) is 30.2 Å². The van der Waals surface area contributed by atoms with E-state index in [1.807, 2.05) is 54.6 Å². The zero-order chi connectivity index (χ0) is 22.3. The number of carbonyl (C=O) groups excluding carboxylic acids is 3. The number of hydrogen-bond donors (Lipinski definition) is 2. The summed E-state index contributed by atoms with van der Waals surface area (Å²) in [6.07, 6.45) is 1.02. The van der Waals surface area contributed by atoms with Crippen molar-refractivity contribution in [1.82, 2.24) is 15.5 Å². The Morgan fingerprint density at radius 1 is 1.06 bits per heavy atom. The molecule has 0 saturated carbocycles. The molecule has 164 valence electrons. The van der Waals surface area contributed by atoms with Crippen LogP contribution in [-0.4, -0.2) is 55.1 Å². The molecular formula is C23H27N3O5. The molecule has 31 heavy (non-hydrogen) atoms. The second kappa shape index (κ2) is 9.97. The Morgan fingerprint density at radius 3 is 2.45 bits per heavy atom. The van der Waals surface area contributed by atoms with E-state index < -0.39 is 23.4 Å². The minimum Gasteiger partial charge on any atom is -0.497 e. The number of urea groups is 1. The highest BCUT2D eigenvalue weighted by Crippen LogP contribution is 2.24. The number of imide groups is 1. The predicted octanol–water partition coefficient (Wildman–Crippen LogP) is 2.13. The van der Waals surface area contributed by atoms with Crippen molar-refractivity contribution in [2.45, 2.75) is 25.3 Å². The molecule has 0 aromatic heterocycles. The molecule has 1 aliphatic heterocycles. The lowest BCUT2D eigenvalue weighted by atomic mass is 9.93. The Bertz CT molecular complexity index is 917. The fourth-order valence-corrected chi connectivity index (χ4v) is 3.32. The van der Waals surface area contributed by atoms with Gasteiger partial charge in [-0.1, -0.05) is 30.3 Å². The van der Waals surface area contributed by atoms with Gasteiger partial charge in [-0.05, 0) is 49.6 Å². The molecule has 0 spiro atoms. The number of benzene rings is 2. The highest BCUT2D eigenvalue weighted by atomic mass is 16.5. The van der Waals surface area contributed by atoms with Crippen molar-refractivity contribution in [2.75, 3.05) is 26.8 Å². The van der Waals surface area contributed by atoms with Crippen LogP contribution < -0.4 is 20.1 Å². The van der Waals surface area contributed by atoms with E-state index >= 15 is 0 Å². The van der Waals surface area contributed by atoms with E-state index in [1.54, 1.807) is 14.0 Å². The molecule has 3 rings (SSSR count). The summed E-state index contributed by atoms with van der Waals surface area (Å²) in [7, 11) is 1.60. The Morgan fingerprint density at radius 2 is 1.77 bits per heavy atom. The zero-order valence-corrected chi connectivity index (χ0v) is 17.7. The van der Waals surface area contributed by atoms with Crippen LogP contribution in [0.3, 0.4) is 0 Å². The number of carbonyl (C=O) groups is 3. The van der Waals surface area contributed by atoms with Gasteiger partial charge in [0.05, 0.1) is 13.7 Å². The number of rotatable bonds is 10. The Kier molecular flexibility index (Phi) is 7.12. The highest BCUT2D eigenvalue weighted by molar-refractivity contribution is 6.08. The summed E-state index contributed by atoms with van der Waals surface area (Å²) >= 11 is 0. The smallest absolute Gasteiger partial charge is 0.325 e. The van der Waals surface area contributed by atoms with Crippen LogP contribution in [0.15, 0.2) is 54.6 Å². The second-order valence-electron chi connectivity index (χ2n) is 7.51. The summed E-state index contributed by atoms with van der Waals surface area (Å²) in [5.74, 6) is 0.645. The Balaban J connectivity index is 1.46. The predicted molar refractivity (Wildman–Crippen MR) is 115 cm³/mol. The van der Waals surface area contributed by atoms with Gasteiger partial charge in [-0.25, -0.2) is 4.79 Å². The summed E-state index contributed by atoms with van der Waals surface area (Å²) in [6, 6.07) is 16.2. The number of para-hydroxylation sites is 1. The molecule has 0 aliphatic carbocycles. The van der Waals surface area contributed by atoms with E-state index in [4.69, 9.17) is 9.47 Å². The highest BCUT2D eigenvalue weighted by Gasteiger charge is 2.47. The van der Waals surface area contributed by atoms with E-state index in [1.165, 1.54) is 0 Å². The molecule has 2 N–H and O–H groups in total. The van der Waals surface area contributed by atoms with Gasteiger partial charge in [0, 0.05) is 0 Å². The van der Waals surface area contributed by atoms with Crippen molar-refractivity contribution >= 4 is 17.8 Å². The average molecular weight is 425 g/mol. The molecule has 4 amide bonds. The molecule has 1 saturated heterocycles. The number of nitrogens with zero attached hydrogens (tertiary/aromatic N) is 1. The largest absolute Gasteiger partial charge is 0.497 e. The number of aryl methyl sites for hydroxylation is 1. The quantitative estimate of drug-likeness (QED) is 0.449. The first kappa shape index (κ1) is 22.1. The lowest BCUT2D eigenvalue weighted by molar-refractivity contribution is -0.134. The minimum absolute atomic E-state index is 0.270. The molecule has 1 aliphatic rings. The van der Waals surface area contributed by atoms with Crippen LogP contribution in [0.4, 0.5) is 4.79 Å². The second-order valence-corrected chi connectivity index (χ2v) is 7.51. The number of methoxy groups -OCH3 is 1. The van der Waals surface area contributed by atoms with Gasteiger partial charge in [0.25, 0.3) is 5.91 Å². The first-order valence-electron chi connectivity index (χ1n) is 10.1. The third-order valence-corrected chi connectivity index (χ3v) is 5.16. The monoisotopic (exact) mass is 425 g/mol. The standard InChI is InChI=1S/C23H27N3O5/c1-23(13-12-17-8-10-18(30-2)11-9-17)21(28)26(22(29)25-23)16-20(27)24-14-15-31-19-6-4-3-5-7-19/h3-11H,12-16H2,1-2H3,(H,24,27)(H,25,29)/t23-/m1/s1. The Labute approximate surface area is 181 Å². The van der Waals surface area contributed by atoms with Crippen molar-refractivity contribution in [2.24, 2.45) is 0 Å². The normalized spacial score (nSPS) is 17.9. The van der Waals surface area contributed by atoms with Gasteiger partial charge in [-0.2, -0.15) is 0 Å². The van der Waals surface area contributed by atoms with Crippen molar-refractivity contribution in [3.8, 4) is 11.5 Å². The lowest BCUT2D eigenvalue weighted by Crippen LogP contribution is -2.45. The number of hydrogen-bond acceptors (Lipinski definition) is 5. The van der Waals surface area contributed by atoms with E-state index in [0.717, 1.165) is 16.2 Å². The van der Waals surface area contributed by atoms with Gasteiger partial charge in [0.2, 0.25) is 5.91 Å². The van der Waals surface area contributed by atoms with Gasteiger partial charge < -0.3 is 20.1 Å². The minimum atomic E-state index is -1.05. The molecule has 8 nitrogen and oxygen atoms in total. The van der Waals surface area contributed by atoms with Crippen molar-refractivity contribution in [1.29, 1.82) is 0 Å².